The third-order valence-corrected chi connectivity index (χ3v) is 5.48. The molecule has 0 saturated heterocycles. The topological polar surface area (TPSA) is 27.7 Å². The molecule has 0 aromatic rings. The van der Waals surface area contributed by atoms with E-state index in [1.807, 2.05) is 26.4 Å². The summed E-state index contributed by atoms with van der Waals surface area (Å²) in [7, 11) is 6.48. The second-order valence-corrected chi connectivity index (χ2v) is 22.5. The van der Waals surface area contributed by atoms with Crippen LogP contribution in [0.2, 0.25) is 21.4 Å². The molecule has 0 aliphatic rings. The molecule has 0 unspecified atom stereocenters. The Balaban J connectivity index is -0.0000000147. The van der Waals surface area contributed by atoms with Gasteiger partial charge < -0.3 is 14.2 Å². The van der Waals surface area contributed by atoms with E-state index in [0.717, 1.165) is 0 Å². The summed E-state index contributed by atoms with van der Waals surface area (Å²) in [5.41, 5.74) is 2.25. The van der Waals surface area contributed by atoms with Gasteiger partial charge >= 0.3 is 58.0 Å². The van der Waals surface area contributed by atoms with Gasteiger partial charge in [-0.05, 0) is 53.4 Å². The van der Waals surface area contributed by atoms with Crippen molar-refractivity contribution in [3.05, 3.63) is 92.1 Å². The molecule has 0 fully saturated rings. The zero-order valence-electron chi connectivity index (χ0n) is 43.7. The van der Waals surface area contributed by atoms with Gasteiger partial charge in [-0.25, -0.2) is 0 Å². The molecule has 0 amide bonds. The molecule has 0 saturated carbocycles. The molecule has 0 aliphatic carbocycles. The number of hydrogen-bond donors (Lipinski definition) is 0. The third kappa shape index (κ3) is 330. The van der Waals surface area contributed by atoms with Crippen molar-refractivity contribution in [1.29, 1.82) is 0 Å². The first-order valence-corrected chi connectivity index (χ1v) is 31.5. The average Bonchev–Trinajstić information content (AvgIpc) is 3.07. The minimum atomic E-state index is -0.417. The predicted molar refractivity (Wildman–Crippen MR) is 320 cm³/mol. The molecular formula is C54H138GeO3SSn. The molecule has 0 bridgehead atoms. The van der Waals surface area contributed by atoms with Crippen molar-refractivity contribution in [3.63, 3.8) is 0 Å². The fourth-order valence-electron chi connectivity index (χ4n) is 0.0833. The SMILES string of the molecule is C.C.C.C.C.C.C=C.C=C.C=C.C=C.C=C.C=C.C=C.CC(C)(C)C.CC(C)(C)C(C)(C)C.CC(C)(C)C(C)(C)C.COC.COC(C)(C)OC.CSC.[CH3][GeH2][CH3].[CH3][Sn][CH3]. The molecule has 0 heterocycles. The quantitative estimate of drug-likeness (QED) is 0.156. The van der Waals surface area contributed by atoms with Crippen LogP contribution in [0.1, 0.15) is 169 Å². The Hall–Kier alpha value is -0.248. The zero-order chi connectivity index (χ0) is 49.2. The van der Waals surface area contributed by atoms with Crippen molar-refractivity contribution < 1.29 is 14.2 Å². The zero-order valence-corrected chi connectivity index (χ0v) is 50.4. The Bertz CT molecular complexity index is 450. The van der Waals surface area contributed by atoms with Gasteiger partial charge in [0, 0.05) is 28.4 Å². The Kier molecular flexibility index (Phi) is 257. The Labute approximate surface area is 416 Å². The molecule has 0 aliphatic heterocycles. The molecular weight excluding hydrogens is 920 g/mol. The second-order valence-electron chi connectivity index (χ2n) is 15.8. The van der Waals surface area contributed by atoms with Gasteiger partial charge in [-0.3, -0.25) is 0 Å². The fourth-order valence-corrected chi connectivity index (χ4v) is 0.0833. The summed E-state index contributed by atoms with van der Waals surface area (Å²) in [6.07, 6.45) is 4.08. The summed E-state index contributed by atoms with van der Waals surface area (Å²) in [5, 5.41) is 0. The van der Waals surface area contributed by atoms with Crippen LogP contribution in [0.25, 0.3) is 0 Å². The van der Waals surface area contributed by atoms with Crippen molar-refractivity contribution >= 4 is 48.3 Å². The average molecular weight is 1060 g/mol. The number of rotatable bonds is 2. The number of ether oxygens (including phenoxy) is 3. The first-order chi connectivity index (χ1) is 24.3. The molecule has 0 aromatic carbocycles. The maximum absolute atomic E-state index is 4.86. The molecule has 60 heavy (non-hydrogen) atoms. The second kappa shape index (κ2) is 112. The molecule has 3 nitrogen and oxygen atoms in total. The van der Waals surface area contributed by atoms with Crippen molar-refractivity contribution in [2.75, 3.05) is 41.0 Å². The van der Waals surface area contributed by atoms with Gasteiger partial charge in [-0.15, -0.1) is 92.1 Å². The molecule has 0 rings (SSSR count). The first kappa shape index (κ1) is 137. The molecule has 0 aromatic heterocycles. The minimum absolute atomic E-state index is 0. The van der Waals surface area contributed by atoms with E-state index < -0.39 is 5.79 Å². The van der Waals surface area contributed by atoms with Crippen LogP contribution in [0.4, 0.5) is 0 Å². The van der Waals surface area contributed by atoms with E-state index in [2.05, 4.69) is 229 Å². The van der Waals surface area contributed by atoms with Gasteiger partial charge in [-0.2, -0.15) is 11.8 Å². The van der Waals surface area contributed by atoms with Crippen LogP contribution in [-0.4, -0.2) is 83.3 Å². The van der Waals surface area contributed by atoms with E-state index in [1.165, 1.54) is 0 Å². The van der Waals surface area contributed by atoms with Crippen LogP contribution in [0.3, 0.4) is 0 Å². The van der Waals surface area contributed by atoms with Crippen LogP contribution in [0.5, 0.6) is 0 Å². The molecule has 0 atom stereocenters. The van der Waals surface area contributed by atoms with Crippen molar-refractivity contribution in [2.45, 2.75) is 196 Å². The standard InChI is InChI=1S/2C8H18.C5H12O2.C5H12.C2H8Ge.C2H6O.C2H6S.7C2H4.6CH4.2CH3.Sn/c2*1-7(2,3)8(4,5)6;1-5(2,6-3)7-4;1-5(2,3)4;3*1-3-2;7*1-2;;;;;;;;;/h2*1-6H3;1-4H3;1-4H3;3H2,1-2H3;2*1-2H3;7*1-2H2;6*1H4;2*1H3;. The Morgan fingerprint density at radius 2 is 0.417 bits per heavy atom. The summed E-state index contributed by atoms with van der Waals surface area (Å²) >= 11 is 2.10. The molecule has 0 N–H and O–H groups in total. The van der Waals surface area contributed by atoms with E-state index >= 15 is 0 Å². The summed E-state index contributed by atoms with van der Waals surface area (Å²) in [6, 6.07) is 0. The summed E-state index contributed by atoms with van der Waals surface area (Å²) in [5.74, 6) is 4.21. The van der Waals surface area contributed by atoms with E-state index in [4.69, 9.17) is 9.47 Å². The van der Waals surface area contributed by atoms with E-state index in [9.17, 15) is 0 Å². The summed E-state index contributed by atoms with van der Waals surface area (Å²) < 4.78 is 14.0. The van der Waals surface area contributed by atoms with E-state index in [1.54, 1.807) is 40.2 Å². The maximum atomic E-state index is 4.86. The number of hydrogen-bond acceptors (Lipinski definition) is 4. The van der Waals surface area contributed by atoms with Gasteiger partial charge in [0.1, 0.15) is 0 Å². The number of methoxy groups -OCH3 is 3. The van der Waals surface area contributed by atoms with Crippen LogP contribution >= 0.6 is 11.8 Å². The van der Waals surface area contributed by atoms with Crippen LogP contribution in [0, 0.1) is 27.1 Å². The summed E-state index contributed by atoms with van der Waals surface area (Å²) in [6.45, 7) is 81.7. The third-order valence-electron chi connectivity index (χ3n) is 5.48. The van der Waals surface area contributed by atoms with Crippen LogP contribution in [-0.2, 0) is 14.2 Å². The van der Waals surface area contributed by atoms with Gasteiger partial charge in [-0.1, -0.05) is 155 Å². The first-order valence-electron chi connectivity index (χ1n) is 18.3. The fraction of sp³-hybridized carbons (Fsp3) is 0.741. The van der Waals surface area contributed by atoms with Gasteiger partial charge in [0.05, 0.1) is 0 Å². The molecule has 0 spiro atoms. The van der Waals surface area contributed by atoms with E-state index in [-0.39, 0.29) is 81.1 Å². The monoisotopic (exact) mass is 1060 g/mol. The summed E-state index contributed by atoms with van der Waals surface area (Å²) in [4.78, 5) is 4.59. The van der Waals surface area contributed by atoms with Gasteiger partial charge in [0.2, 0.25) is 0 Å². The molecule has 6 heteroatoms. The molecule has 386 valence electrons. The molecule has 2 radical (unpaired) electrons. The van der Waals surface area contributed by atoms with Crippen molar-refractivity contribution in [1.82, 2.24) is 0 Å². The van der Waals surface area contributed by atoms with Gasteiger partial charge in [0.25, 0.3) is 0 Å². The van der Waals surface area contributed by atoms with Crippen LogP contribution in [0.15, 0.2) is 92.1 Å². The number of thioether (sulfide) groups is 1. The predicted octanol–water partition coefficient (Wildman–Crippen LogP) is 20.9. The normalized spacial score (nSPS) is 7.87. The van der Waals surface area contributed by atoms with Crippen LogP contribution < -0.4 is 0 Å². The van der Waals surface area contributed by atoms with E-state index in [0.29, 0.717) is 27.1 Å². The Morgan fingerprint density at radius 3 is 0.417 bits per heavy atom. The van der Waals surface area contributed by atoms with Crippen molar-refractivity contribution in [2.24, 2.45) is 27.1 Å². The Morgan fingerprint density at radius 1 is 0.367 bits per heavy atom. The van der Waals surface area contributed by atoms with Crippen molar-refractivity contribution in [3.8, 4) is 0 Å². The van der Waals surface area contributed by atoms with Gasteiger partial charge in [0.15, 0.2) is 5.79 Å².